The molecule has 7 heterocycles. The molecule has 1 unspecified atom stereocenters. The highest BCUT2D eigenvalue weighted by atomic mass is 19.3. The first kappa shape index (κ1) is 39.1. The average Bonchev–Trinajstić information content (AvgIpc) is 3.78. The van der Waals surface area contributed by atoms with Crippen LogP contribution in [0.15, 0.2) is 79.3 Å². The fraction of sp³-hybridized carbons (Fsp3) is 0.391. The van der Waals surface area contributed by atoms with Gasteiger partial charge in [0, 0.05) is 97.2 Å². The number of carbonyl (C=O) groups excluding carboxylic acids is 5. The Hall–Kier alpha value is -6.78. The number of pyridine rings is 1. The lowest BCUT2D eigenvalue weighted by Crippen LogP contribution is -2.54. The number of nitrogens with one attached hydrogen (secondary N) is 3. The Morgan fingerprint density at radius 3 is 2.52 bits per heavy atom. The standard InChI is InChI=1S/C46H44F2N10O5/c1-45-20-33-31(19-36(45)46(45,47)48)39(54-53-33)42(61)51-28-21-50-57(24-28)40(26-6-3-2-4-7-26)27-22-56(23-27)29-12-15-49-32(18-29)25-13-16-55(17-14-25)34-9-5-8-30-38(34)44(63)58(43(30)62)35-10-11-37(59)52-41(35)60/h2-9,12,15,18,21,24-25,27,35-36,40H,10-11,13-14,16-17,19-20,22-23H2,1H3,(H,51,61)(H,53,54)(H,52,59,60)/t35?,36-,40+,45+/m0/s1. The quantitative estimate of drug-likeness (QED) is 0.168. The van der Waals surface area contributed by atoms with Crippen LogP contribution in [0.5, 0.6) is 0 Å². The summed E-state index contributed by atoms with van der Waals surface area (Å²) < 4.78 is 30.9. The molecule has 4 atom stereocenters. The van der Waals surface area contributed by atoms with Crippen LogP contribution in [-0.2, 0) is 22.4 Å². The molecule has 5 amide bonds. The molecule has 0 radical (unpaired) electrons. The molecular weight excluding hydrogens is 811 g/mol. The number of nitrogens with zero attached hydrogens (tertiary/aromatic N) is 7. The molecule has 2 aromatic carbocycles. The van der Waals surface area contributed by atoms with Crippen molar-refractivity contribution in [1.82, 2.24) is 35.2 Å². The molecule has 0 bridgehead atoms. The minimum absolute atomic E-state index is 0.0634. The lowest BCUT2D eigenvalue weighted by Gasteiger charge is -2.45. The second-order valence-electron chi connectivity index (χ2n) is 18.0. The highest BCUT2D eigenvalue weighted by Crippen LogP contribution is 2.70. The molecule has 3 saturated heterocycles. The van der Waals surface area contributed by atoms with E-state index in [9.17, 15) is 32.8 Å². The zero-order valence-electron chi connectivity index (χ0n) is 34.4. The van der Waals surface area contributed by atoms with Crippen molar-refractivity contribution < 1.29 is 32.8 Å². The first-order chi connectivity index (χ1) is 30.4. The lowest BCUT2D eigenvalue weighted by atomic mass is 9.86. The molecule has 63 heavy (non-hydrogen) atoms. The van der Waals surface area contributed by atoms with Crippen LogP contribution in [0, 0.1) is 17.3 Å². The van der Waals surface area contributed by atoms with Gasteiger partial charge in [0.25, 0.3) is 23.6 Å². The number of anilines is 3. The summed E-state index contributed by atoms with van der Waals surface area (Å²) in [5, 5.41) is 16.9. The molecule has 4 fully saturated rings. The van der Waals surface area contributed by atoms with Crippen LogP contribution >= 0.6 is 0 Å². The van der Waals surface area contributed by atoms with Crippen molar-refractivity contribution in [3.8, 4) is 0 Å². The van der Waals surface area contributed by atoms with Gasteiger partial charge in [-0.25, -0.2) is 8.78 Å². The topological polar surface area (TPSA) is 179 Å². The van der Waals surface area contributed by atoms with Gasteiger partial charge in [0.1, 0.15) is 6.04 Å². The van der Waals surface area contributed by atoms with E-state index < -0.39 is 52.8 Å². The zero-order valence-corrected chi connectivity index (χ0v) is 34.4. The van der Waals surface area contributed by atoms with Crippen molar-refractivity contribution in [2.75, 3.05) is 41.3 Å². The minimum atomic E-state index is -2.75. The predicted molar refractivity (Wildman–Crippen MR) is 225 cm³/mol. The fourth-order valence-corrected chi connectivity index (χ4v) is 10.8. The van der Waals surface area contributed by atoms with Gasteiger partial charge in [-0.3, -0.25) is 49.0 Å². The number of carbonyl (C=O) groups is 5. The Morgan fingerprint density at radius 1 is 0.952 bits per heavy atom. The van der Waals surface area contributed by atoms with E-state index in [0.717, 1.165) is 47.8 Å². The number of imide groups is 2. The number of alkyl halides is 2. The average molecular weight is 855 g/mol. The van der Waals surface area contributed by atoms with E-state index in [0.29, 0.717) is 41.3 Å². The maximum atomic E-state index is 14.5. The molecular formula is C46H44F2N10O5. The number of rotatable bonds is 9. The van der Waals surface area contributed by atoms with E-state index in [-0.39, 0.29) is 54.8 Å². The summed E-state index contributed by atoms with van der Waals surface area (Å²) in [6.07, 6.45) is 7.29. The van der Waals surface area contributed by atoms with Crippen LogP contribution in [0.4, 0.5) is 25.8 Å². The maximum absolute atomic E-state index is 14.5. The molecule has 6 aliphatic rings. The number of amides is 5. The predicted octanol–water partition coefficient (Wildman–Crippen LogP) is 5.13. The Morgan fingerprint density at radius 2 is 1.75 bits per heavy atom. The van der Waals surface area contributed by atoms with Crippen LogP contribution in [0.3, 0.4) is 0 Å². The van der Waals surface area contributed by atoms with Crippen LogP contribution in [-0.4, -0.2) is 97.5 Å². The van der Waals surface area contributed by atoms with Gasteiger partial charge in [-0.2, -0.15) is 10.2 Å². The normalized spacial score (nSPS) is 24.7. The molecule has 322 valence electrons. The van der Waals surface area contributed by atoms with Crippen molar-refractivity contribution in [3.05, 3.63) is 119 Å². The third-order valence-corrected chi connectivity index (χ3v) is 14.5. The summed E-state index contributed by atoms with van der Waals surface area (Å²) in [7, 11) is 0. The third kappa shape index (κ3) is 6.25. The van der Waals surface area contributed by atoms with Gasteiger partial charge in [-0.1, -0.05) is 43.3 Å². The number of fused-ring (bicyclic) bond motifs is 3. The largest absolute Gasteiger partial charge is 0.371 e. The van der Waals surface area contributed by atoms with E-state index in [1.807, 2.05) is 47.4 Å². The second kappa shape index (κ2) is 14.4. The minimum Gasteiger partial charge on any atom is -0.371 e. The molecule has 11 rings (SSSR count). The van der Waals surface area contributed by atoms with E-state index >= 15 is 0 Å². The van der Waals surface area contributed by atoms with Crippen molar-refractivity contribution >= 4 is 46.6 Å². The SMILES string of the molecule is C[C@@]12Cc3[nH]nc(C(=O)Nc4cnn([C@H](c5ccccc5)C5CN(c6ccnc(C7CCN(c8cccc9c8C(=O)N(C8CCC(=O)NC8=O)C9=O)CC7)c6)C5)c4)c3C[C@@H]1C2(F)F. The lowest BCUT2D eigenvalue weighted by molar-refractivity contribution is -0.136. The highest BCUT2D eigenvalue weighted by Gasteiger charge is 2.78. The zero-order chi connectivity index (χ0) is 43.4. The Balaban J connectivity index is 0.744. The van der Waals surface area contributed by atoms with Crippen molar-refractivity contribution in [2.45, 2.75) is 69.4 Å². The van der Waals surface area contributed by atoms with Gasteiger partial charge < -0.3 is 15.1 Å². The first-order valence-corrected chi connectivity index (χ1v) is 21.5. The monoisotopic (exact) mass is 854 g/mol. The molecule has 3 aromatic heterocycles. The number of hydrogen-bond acceptors (Lipinski definition) is 10. The Labute approximate surface area is 360 Å². The molecule has 3 N–H and O–H groups in total. The number of aromatic amines is 1. The first-order valence-electron chi connectivity index (χ1n) is 21.5. The smallest absolute Gasteiger partial charge is 0.276 e. The van der Waals surface area contributed by atoms with Gasteiger partial charge >= 0.3 is 0 Å². The van der Waals surface area contributed by atoms with Gasteiger partial charge in [-0.15, -0.1) is 0 Å². The molecule has 15 nitrogen and oxygen atoms in total. The highest BCUT2D eigenvalue weighted by molar-refractivity contribution is 6.25. The van der Waals surface area contributed by atoms with Crippen molar-refractivity contribution in [2.24, 2.45) is 17.3 Å². The van der Waals surface area contributed by atoms with Crippen LogP contribution < -0.4 is 20.4 Å². The van der Waals surface area contributed by atoms with Gasteiger partial charge in [0.15, 0.2) is 5.69 Å². The van der Waals surface area contributed by atoms with E-state index in [2.05, 4.69) is 48.8 Å². The van der Waals surface area contributed by atoms with Crippen LogP contribution in [0.25, 0.3) is 0 Å². The van der Waals surface area contributed by atoms with Gasteiger partial charge in [-0.05, 0) is 55.5 Å². The molecule has 4 aliphatic heterocycles. The summed E-state index contributed by atoms with van der Waals surface area (Å²) >= 11 is 0. The third-order valence-electron chi connectivity index (χ3n) is 14.5. The summed E-state index contributed by atoms with van der Waals surface area (Å²) in [5.41, 5.74) is 5.11. The molecule has 17 heteroatoms. The van der Waals surface area contributed by atoms with Crippen molar-refractivity contribution in [3.63, 3.8) is 0 Å². The van der Waals surface area contributed by atoms with Gasteiger partial charge in [0.05, 0.1) is 34.7 Å². The number of H-pyrrole nitrogens is 1. The summed E-state index contributed by atoms with van der Waals surface area (Å²) in [5.74, 6) is -5.69. The molecule has 5 aromatic rings. The number of halogens is 2. The summed E-state index contributed by atoms with van der Waals surface area (Å²) in [6.45, 7) is 4.40. The molecule has 0 spiro atoms. The number of piperidine rings is 2. The maximum Gasteiger partial charge on any atom is 0.276 e. The molecule has 1 saturated carbocycles. The summed E-state index contributed by atoms with van der Waals surface area (Å²) in [4.78, 5) is 75.3. The Bertz CT molecular complexity index is 2720. The Kier molecular flexibility index (Phi) is 8.93. The van der Waals surface area contributed by atoms with Crippen LogP contribution in [0.1, 0.15) is 98.3 Å². The van der Waals surface area contributed by atoms with E-state index in [4.69, 9.17) is 10.1 Å². The van der Waals surface area contributed by atoms with Crippen LogP contribution in [0.2, 0.25) is 0 Å². The number of aromatic nitrogens is 5. The van der Waals surface area contributed by atoms with E-state index in [1.54, 1.807) is 25.3 Å². The molecule has 2 aliphatic carbocycles. The fourth-order valence-electron chi connectivity index (χ4n) is 10.8. The van der Waals surface area contributed by atoms with Gasteiger partial charge in [0.2, 0.25) is 11.8 Å². The van der Waals surface area contributed by atoms with E-state index in [1.165, 1.54) is 0 Å². The number of benzene rings is 2. The summed E-state index contributed by atoms with van der Waals surface area (Å²) in [6, 6.07) is 18.4. The van der Waals surface area contributed by atoms with Crippen molar-refractivity contribution in [1.29, 1.82) is 0 Å². The number of hydrogen-bond donors (Lipinski definition) is 3. The second-order valence-corrected chi connectivity index (χ2v) is 18.0.